The Hall–Kier alpha value is -2.97. The zero-order chi connectivity index (χ0) is 19.3. The number of carbonyl (C=O) groups is 1. The summed E-state index contributed by atoms with van der Waals surface area (Å²) in [5.41, 5.74) is 0.374. The molecule has 0 aliphatic heterocycles. The Morgan fingerprint density at radius 1 is 1.04 bits per heavy atom. The van der Waals surface area contributed by atoms with Crippen LogP contribution in [0.4, 0.5) is 0 Å². The average Bonchev–Trinajstić information content (AvgIpc) is 2.65. The Labute approximate surface area is 149 Å². The van der Waals surface area contributed by atoms with E-state index in [9.17, 15) is 20.1 Å². The van der Waals surface area contributed by atoms with Crippen molar-refractivity contribution >= 4 is 5.97 Å². The number of carboxylic acid groups (broad SMARTS) is 1. The summed E-state index contributed by atoms with van der Waals surface area (Å²) in [7, 11) is 2.73. The maximum absolute atomic E-state index is 11.0. The Balaban J connectivity index is 2.27. The van der Waals surface area contributed by atoms with E-state index in [0.29, 0.717) is 5.56 Å². The molecule has 2 atom stereocenters. The fourth-order valence-electron chi connectivity index (χ4n) is 2.36. The van der Waals surface area contributed by atoms with Gasteiger partial charge in [0.1, 0.15) is 6.10 Å². The molecule has 140 valence electrons. The molecule has 0 amide bonds. The number of rotatable bonds is 8. The molecule has 2 rings (SSSR count). The first-order valence-corrected chi connectivity index (χ1v) is 7.65. The molecule has 0 bridgehead atoms. The summed E-state index contributed by atoms with van der Waals surface area (Å²) < 4.78 is 15.7. The molecule has 0 radical (unpaired) electrons. The van der Waals surface area contributed by atoms with Crippen LogP contribution in [0.2, 0.25) is 0 Å². The third-order valence-corrected chi connectivity index (χ3v) is 3.77. The fourth-order valence-corrected chi connectivity index (χ4v) is 2.36. The standard InChI is InChI=1S/C18H20O8/c1-24-14-7-10(3-5-12(14)20)17(21)16(9-19)26-13-6-4-11(18(22)23)8-15(13)25-2/h3-8,16-17,19-21H,9H2,1-2H3,(H,22,23). The smallest absolute Gasteiger partial charge is 0.335 e. The van der Waals surface area contributed by atoms with E-state index in [1.807, 2.05) is 0 Å². The number of benzene rings is 2. The monoisotopic (exact) mass is 364 g/mol. The van der Waals surface area contributed by atoms with Gasteiger partial charge in [0, 0.05) is 0 Å². The van der Waals surface area contributed by atoms with Crippen molar-refractivity contribution in [3.63, 3.8) is 0 Å². The van der Waals surface area contributed by atoms with E-state index in [0.717, 1.165) is 0 Å². The molecule has 0 fully saturated rings. The van der Waals surface area contributed by atoms with Gasteiger partial charge in [-0.05, 0) is 35.9 Å². The summed E-state index contributed by atoms with van der Waals surface area (Å²) in [6.45, 7) is -0.520. The zero-order valence-electron chi connectivity index (χ0n) is 14.2. The van der Waals surface area contributed by atoms with Gasteiger partial charge in [-0.3, -0.25) is 0 Å². The summed E-state index contributed by atoms with van der Waals surface area (Å²) in [5, 5.41) is 38.8. The minimum Gasteiger partial charge on any atom is -0.504 e. The summed E-state index contributed by atoms with van der Waals surface area (Å²) in [6, 6.07) is 8.24. The first kappa shape index (κ1) is 19.4. The SMILES string of the molecule is COc1cc(C(O)C(CO)Oc2ccc(C(=O)O)cc2OC)ccc1O. The Morgan fingerprint density at radius 2 is 1.73 bits per heavy atom. The topological polar surface area (TPSA) is 126 Å². The minimum atomic E-state index is -1.24. The number of aromatic carboxylic acids is 1. The Bertz CT molecular complexity index is 774. The predicted octanol–water partition coefficient (Wildman–Crippen LogP) is 1.58. The number of hydrogen-bond acceptors (Lipinski definition) is 7. The number of methoxy groups -OCH3 is 2. The number of phenols is 1. The van der Waals surface area contributed by atoms with E-state index >= 15 is 0 Å². The second-order valence-corrected chi connectivity index (χ2v) is 5.39. The molecule has 2 aromatic rings. The molecule has 2 aromatic carbocycles. The molecule has 0 heterocycles. The number of hydrogen-bond donors (Lipinski definition) is 4. The molecular formula is C18H20O8. The molecule has 4 N–H and O–H groups in total. The fraction of sp³-hybridized carbons (Fsp3) is 0.278. The van der Waals surface area contributed by atoms with Crippen LogP contribution in [0.1, 0.15) is 22.0 Å². The van der Waals surface area contributed by atoms with E-state index in [1.54, 1.807) is 0 Å². The molecule has 8 nitrogen and oxygen atoms in total. The quantitative estimate of drug-likeness (QED) is 0.556. The molecule has 0 aromatic heterocycles. The number of aromatic hydroxyl groups is 1. The van der Waals surface area contributed by atoms with Crippen LogP contribution in [0.15, 0.2) is 36.4 Å². The van der Waals surface area contributed by atoms with Crippen molar-refractivity contribution < 1.29 is 39.4 Å². The molecule has 2 unspecified atom stereocenters. The highest BCUT2D eigenvalue weighted by molar-refractivity contribution is 5.88. The van der Waals surface area contributed by atoms with E-state index in [1.165, 1.54) is 50.6 Å². The molecule has 26 heavy (non-hydrogen) atoms. The molecule has 0 aliphatic carbocycles. The van der Waals surface area contributed by atoms with Gasteiger partial charge in [0.15, 0.2) is 29.1 Å². The van der Waals surface area contributed by atoms with Crippen LogP contribution in [0.5, 0.6) is 23.0 Å². The van der Waals surface area contributed by atoms with E-state index < -0.39 is 24.8 Å². The van der Waals surface area contributed by atoms with Crippen molar-refractivity contribution in [3.05, 3.63) is 47.5 Å². The molecule has 8 heteroatoms. The van der Waals surface area contributed by atoms with Gasteiger partial charge in [-0.15, -0.1) is 0 Å². The number of phenolic OH excluding ortho intramolecular Hbond substituents is 1. The van der Waals surface area contributed by atoms with Crippen LogP contribution in [-0.4, -0.2) is 53.3 Å². The zero-order valence-corrected chi connectivity index (χ0v) is 14.2. The highest BCUT2D eigenvalue weighted by Gasteiger charge is 2.25. The van der Waals surface area contributed by atoms with Gasteiger partial charge < -0.3 is 34.6 Å². The van der Waals surface area contributed by atoms with Crippen molar-refractivity contribution in [2.75, 3.05) is 20.8 Å². The Morgan fingerprint density at radius 3 is 2.31 bits per heavy atom. The molecule has 0 saturated carbocycles. The summed E-state index contributed by atoms with van der Waals surface area (Å²) in [5.74, 6) is -0.720. The summed E-state index contributed by atoms with van der Waals surface area (Å²) in [4.78, 5) is 11.0. The van der Waals surface area contributed by atoms with Gasteiger partial charge in [-0.25, -0.2) is 4.79 Å². The van der Waals surface area contributed by atoms with Crippen LogP contribution in [0.25, 0.3) is 0 Å². The number of carboxylic acids is 1. The molecule has 0 aliphatic rings. The molecular weight excluding hydrogens is 344 g/mol. The van der Waals surface area contributed by atoms with Gasteiger partial charge in [0.25, 0.3) is 0 Å². The predicted molar refractivity (Wildman–Crippen MR) is 91.1 cm³/mol. The average molecular weight is 364 g/mol. The van der Waals surface area contributed by atoms with E-state index in [2.05, 4.69) is 0 Å². The first-order valence-electron chi connectivity index (χ1n) is 7.65. The highest BCUT2D eigenvalue weighted by Crippen LogP contribution is 2.33. The highest BCUT2D eigenvalue weighted by atomic mass is 16.5. The number of aliphatic hydroxyl groups excluding tert-OH is 2. The van der Waals surface area contributed by atoms with Gasteiger partial charge in [0.05, 0.1) is 26.4 Å². The van der Waals surface area contributed by atoms with Crippen molar-refractivity contribution in [2.24, 2.45) is 0 Å². The Kier molecular flexibility index (Phi) is 6.26. The van der Waals surface area contributed by atoms with Crippen LogP contribution >= 0.6 is 0 Å². The van der Waals surface area contributed by atoms with Crippen molar-refractivity contribution in [1.29, 1.82) is 0 Å². The van der Waals surface area contributed by atoms with Gasteiger partial charge in [-0.2, -0.15) is 0 Å². The number of ether oxygens (including phenoxy) is 3. The summed E-state index contributed by atoms with van der Waals surface area (Å²) >= 11 is 0. The van der Waals surface area contributed by atoms with Crippen LogP contribution in [0.3, 0.4) is 0 Å². The van der Waals surface area contributed by atoms with Crippen LogP contribution < -0.4 is 14.2 Å². The second kappa shape index (κ2) is 8.41. The van der Waals surface area contributed by atoms with E-state index in [4.69, 9.17) is 19.3 Å². The number of aliphatic hydroxyl groups is 2. The molecule has 0 saturated heterocycles. The third-order valence-electron chi connectivity index (χ3n) is 3.77. The van der Waals surface area contributed by atoms with Crippen LogP contribution in [0, 0.1) is 0 Å². The lowest BCUT2D eigenvalue weighted by Gasteiger charge is -2.24. The largest absolute Gasteiger partial charge is 0.504 e. The second-order valence-electron chi connectivity index (χ2n) is 5.39. The van der Waals surface area contributed by atoms with Gasteiger partial charge >= 0.3 is 5.97 Å². The minimum absolute atomic E-state index is 0.0126. The van der Waals surface area contributed by atoms with Crippen molar-refractivity contribution in [1.82, 2.24) is 0 Å². The maximum atomic E-state index is 11.0. The lowest BCUT2D eigenvalue weighted by atomic mass is 10.0. The van der Waals surface area contributed by atoms with Crippen LogP contribution in [-0.2, 0) is 0 Å². The maximum Gasteiger partial charge on any atom is 0.335 e. The lowest BCUT2D eigenvalue weighted by Crippen LogP contribution is -2.29. The van der Waals surface area contributed by atoms with Crippen molar-refractivity contribution in [3.8, 4) is 23.0 Å². The first-order chi connectivity index (χ1) is 12.4. The normalized spacial score (nSPS) is 12.9. The van der Waals surface area contributed by atoms with Crippen molar-refractivity contribution in [2.45, 2.75) is 12.2 Å². The van der Waals surface area contributed by atoms with Gasteiger partial charge in [0.2, 0.25) is 0 Å². The van der Waals surface area contributed by atoms with Gasteiger partial charge in [-0.1, -0.05) is 6.07 Å². The third kappa shape index (κ3) is 4.16. The molecule has 0 spiro atoms. The van der Waals surface area contributed by atoms with E-state index in [-0.39, 0.29) is 28.6 Å². The summed E-state index contributed by atoms with van der Waals surface area (Å²) in [6.07, 6.45) is -2.30. The lowest BCUT2D eigenvalue weighted by molar-refractivity contribution is -0.000540.